The molecule has 0 radical (unpaired) electrons. The highest BCUT2D eigenvalue weighted by Gasteiger charge is 2.32. The van der Waals surface area contributed by atoms with E-state index in [-0.39, 0.29) is 5.91 Å². The summed E-state index contributed by atoms with van der Waals surface area (Å²) in [4.78, 5) is 17.0. The smallest absolute Gasteiger partial charge is 0.256 e. The van der Waals surface area contributed by atoms with Crippen LogP contribution in [-0.2, 0) is 9.53 Å². The summed E-state index contributed by atoms with van der Waals surface area (Å²) in [6.45, 7) is 8.62. The Morgan fingerprint density at radius 3 is 2.50 bits per heavy atom. The van der Waals surface area contributed by atoms with Crippen LogP contribution in [-0.4, -0.2) is 30.2 Å². The second kappa shape index (κ2) is 10.3. The lowest BCUT2D eigenvalue weighted by molar-refractivity contribution is -0.136. The van der Waals surface area contributed by atoms with Crippen LogP contribution in [0.4, 0.5) is 5.69 Å². The van der Waals surface area contributed by atoms with Crippen LogP contribution in [0, 0.1) is 6.92 Å². The van der Waals surface area contributed by atoms with Gasteiger partial charge in [0.05, 0.1) is 18.0 Å². The Labute approximate surface area is 146 Å². The lowest BCUT2D eigenvalue weighted by atomic mass is 9.97. The van der Waals surface area contributed by atoms with Crippen molar-refractivity contribution in [1.29, 1.82) is 0 Å². The minimum atomic E-state index is -0.822. The molecule has 1 aromatic heterocycles. The van der Waals surface area contributed by atoms with Crippen LogP contribution in [0.3, 0.4) is 0 Å². The number of carbonyl (C=O) groups excluding carboxylic acids is 1. The topological polar surface area (TPSA) is 60.5 Å². The van der Waals surface area contributed by atoms with Gasteiger partial charge in [-0.15, -0.1) is 0 Å². The Morgan fingerprint density at radius 1 is 1.21 bits per heavy atom. The second-order valence-electron chi connectivity index (χ2n) is 6.33. The maximum absolute atomic E-state index is 12.6. The highest BCUT2D eigenvalue weighted by atomic mass is 16.5. The Hall–Kier alpha value is -1.62. The molecule has 1 aromatic rings. The van der Waals surface area contributed by atoms with Gasteiger partial charge in [-0.05, 0) is 32.8 Å². The number of pyridine rings is 1. The van der Waals surface area contributed by atoms with Gasteiger partial charge in [0.1, 0.15) is 5.60 Å². The number of hydrogen-bond donors (Lipinski definition) is 1. The summed E-state index contributed by atoms with van der Waals surface area (Å²) in [7, 11) is 1.58. The fourth-order valence-electron chi connectivity index (χ4n) is 2.35. The number of aromatic nitrogens is 1. The minimum Gasteiger partial charge on any atom is -0.478 e. The Balaban J connectivity index is 2.71. The van der Waals surface area contributed by atoms with Crippen molar-refractivity contribution in [3.05, 3.63) is 17.8 Å². The fraction of sp³-hybridized carbons (Fsp3) is 0.684. The molecule has 0 aromatic carbocycles. The molecule has 0 aliphatic carbocycles. The first-order chi connectivity index (χ1) is 11.5. The Kier molecular flexibility index (Phi) is 8.76. The molecule has 1 atom stereocenters. The highest BCUT2D eigenvalue weighted by Crippen LogP contribution is 2.23. The first-order valence-electron chi connectivity index (χ1n) is 8.93. The number of nitrogens with zero attached hydrogens (tertiary/aromatic N) is 1. The van der Waals surface area contributed by atoms with Crippen molar-refractivity contribution in [3.8, 4) is 5.88 Å². The van der Waals surface area contributed by atoms with Gasteiger partial charge in [-0.1, -0.05) is 39.5 Å². The van der Waals surface area contributed by atoms with Gasteiger partial charge in [-0.25, -0.2) is 4.98 Å². The monoisotopic (exact) mass is 336 g/mol. The summed E-state index contributed by atoms with van der Waals surface area (Å²) in [5.74, 6) is 0.460. The number of carbonyl (C=O) groups is 1. The van der Waals surface area contributed by atoms with Gasteiger partial charge in [-0.2, -0.15) is 0 Å². The summed E-state index contributed by atoms with van der Waals surface area (Å²) in [6, 6.07) is 3.63. The summed E-state index contributed by atoms with van der Waals surface area (Å²) < 4.78 is 11.1. The number of unbranched alkanes of at least 4 members (excludes halogenated alkanes) is 3. The minimum absolute atomic E-state index is 0.134. The Morgan fingerprint density at radius 2 is 1.92 bits per heavy atom. The van der Waals surface area contributed by atoms with Crippen molar-refractivity contribution in [2.45, 2.75) is 71.8 Å². The summed E-state index contributed by atoms with van der Waals surface area (Å²) in [6.07, 6.45) is 5.97. The number of aryl methyl sites for hydroxylation is 1. The quantitative estimate of drug-likeness (QED) is 0.605. The zero-order chi connectivity index (χ0) is 18.0. The van der Waals surface area contributed by atoms with Crippen LogP contribution in [0.25, 0.3) is 0 Å². The summed E-state index contributed by atoms with van der Waals surface area (Å²) >= 11 is 0. The van der Waals surface area contributed by atoms with E-state index >= 15 is 0 Å². The van der Waals surface area contributed by atoms with Crippen LogP contribution in [0.5, 0.6) is 5.88 Å². The lowest BCUT2D eigenvalue weighted by Crippen LogP contribution is -2.42. The van der Waals surface area contributed by atoms with E-state index < -0.39 is 5.60 Å². The SMILES string of the molecule is CCCCC[C@@](C)(OC)C(=O)Nc1ccc(OCCCC)nc1C. The molecule has 24 heavy (non-hydrogen) atoms. The molecule has 0 saturated heterocycles. The van der Waals surface area contributed by atoms with Gasteiger partial charge in [0.2, 0.25) is 5.88 Å². The molecule has 0 aliphatic heterocycles. The Bertz CT molecular complexity index is 519. The zero-order valence-corrected chi connectivity index (χ0v) is 15.8. The maximum Gasteiger partial charge on any atom is 0.256 e. The molecule has 0 fully saturated rings. The van der Waals surface area contributed by atoms with Crippen molar-refractivity contribution < 1.29 is 14.3 Å². The molecule has 5 heteroatoms. The highest BCUT2D eigenvalue weighted by molar-refractivity contribution is 5.97. The van der Waals surface area contributed by atoms with Crippen molar-refractivity contribution >= 4 is 11.6 Å². The van der Waals surface area contributed by atoms with Crippen molar-refractivity contribution in [3.63, 3.8) is 0 Å². The number of ether oxygens (including phenoxy) is 2. The molecular weight excluding hydrogens is 304 g/mol. The zero-order valence-electron chi connectivity index (χ0n) is 15.8. The molecule has 136 valence electrons. The fourth-order valence-corrected chi connectivity index (χ4v) is 2.35. The van der Waals surface area contributed by atoms with Crippen LogP contribution < -0.4 is 10.1 Å². The molecule has 1 N–H and O–H groups in total. The van der Waals surface area contributed by atoms with E-state index in [4.69, 9.17) is 9.47 Å². The lowest BCUT2D eigenvalue weighted by Gasteiger charge is -2.27. The molecule has 1 heterocycles. The van der Waals surface area contributed by atoms with Crippen LogP contribution in [0.1, 0.15) is 65.0 Å². The molecule has 1 rings (SSSR count). The molecule has 0 unspecified atom stereocenters. The largest absolute Gasteiger partial charge is 0.478 e. The summed E-state index contributed by atoms with van der Waals surface area (Å²) in [5.41, 5.74) is 0.615. The van der Waals surface area contributed by atoms with Gasteiger partial charge in [0.15, 0.2) is 0 Å². The molecule has 0 spiro atoms. The van der Waals surface area contributed by atoms with Crippen LogP contribution in [0.2, 0.25) is 0 Å². The van der Waals surface area contributed by atoms with E-state index in [1.165, 1.54) is 0 Å². The average molecular weight is 336 g/mol. The van der Waals surface area contributed by atoms with Crippen LogP contribution in [0.15, 0.2) is 12.1 Å². The molecule has 0 aliphatic rings. The first-order valence-corrected chi connectivity index (χ1v) is 8.93. The van der Waals surface area contributed by atoms with E-state index in [0.717, 1.165) is 37.8 Å². The van der Waals surface area contributed by atoms with Gasteiger partial charge in [0.25, 0.3) is 5.91 Å². The maximum atomic E-state index is 12.6. The molecule has 1 amide bonds. The predicted molar refractivity (Wildman–Crippen MR) is 97.6 cm³/mol. The number of rotatable bonds is 11. The normalized spacial score (nSPS) is 13.4. The average Bonchev–Trinajstić information content (AvgIpc) is 2.57. The number of nitrogens with one attached hydrogen (secondary N) is 1. The molecule has 0 bridgehead atoms. The number of amides is 1. The van der Waals surface area contributed by atoms with E-state index in [2.05, 4.69) is 24.1 Å². The number of anilines is 1. The van der Waals surface area contributed by atoms with Gasteiger partial charge in [0, 0.05) is 13.2 Å². The van der Waals surface area contributed by atoms with E-state index in [9.17, 15) is 4.79 Å². The van der Waals surface area contributed by atoms with E-state index in [1.807, 2.05) is 19.9 Å². The molecule has 5 nitrogen and oxygen atoms in total. The van der Waals surface area contributed by atoms with Gasteiger partial charge < -0.3 is 14.8 Å². The van der Waals surface area contributed by atoms with Crippen LogP contribution >= 0.6 is 0 Å². The predicted octanol–water partition coefficient (Wildman–Crippen LogP) is 4.49. The third-order valence-electron chi connectivity index (χ3n) is 4.24. The third-order valence-corrected chi connectivity index (χ3v) is 4.24. The van der Waals surface area contributed by atoms with E-state index in [0.29, 0.717) is 24.6 Å². The van der Waals surface area contributed by atoms with Crippen molar-refractivity contribution in [2.24, 2.45) is 0 Å². The number of methoxy groups -OCH3 is 1. The first kappa shape index (κ1) is 20.4. The second-order valence-corrected chi connectivity index (χ2v) is 6.33. The van der Waals surface area contributed by atoms with Gasteiger partial charge in [-0.3, -0.25) is 4.79 Å². The number of hydrogen-bond acceptors (Lipinski definition) is 4. The molecular formula is C19H32N2O3. The van der Waals surface area contributed by atoms with Crippen molar-refractivity contribution in [1.82, 2.24) is 4.98 Å². The van der Waals surface area contributed by atoms with E-state index in [1.54, 1.807) is 13.2 Å². The summed E-state index contributed by atoms with van der Waals surface area (Å²) in [5, 5.41) is 2.94. The molecule has 0 saturated carbocycles. The standard InChI is InChI=1S/C19H32N2O3/c1-6-8-10-13-19(4,23-5)18(22)21-16-11-12-17(20-15(16)3)24-14-9-7-2/h11-12H,6-10,13-14H2,1-5H3,(H,21,22)/t19-/m1/s1. The third kappa shape index (κ3) is 6.11. The van der Waals surface area contributed by atoms with Crippen molar-refractivity contribution in [2.75, 3.05) is 19.0 Å². The van der Waals surface area contributed by atoms with Gasteiger partial charge >= 0.3 is 0 Å².